The highest BCUT2D eigenvalue weighted by Gasteiger charge is 2.16. The van der Waals surface area contributed by atoms with E-state index in [2.05, 4.69) is 0 Å². The molecule has 0 spiro atoms. The Balaban J connectivity index is 1.93. The van der Waals surface area contributed by atoms with Crippen molar-refractivity contribution in [2.45, 2.75) is 32.3 Å². The van der Waals surface area contributed by atoms with Crippen molar-refractivity contribution in [3.05, 3.63) is 28.8 Å². The minimum atomic E-state index is 0.0165. The highest BCUT2D eigenvalue weighted by molar-refractivity contribution is 6.32. The van der Waals surface area contributed by atoms with Gasteiger partial charge in [-0.2, -0.15) is 0 Å². The lowest BCUT2D eigenvalue weighted by Gasteiger charge is -2.12. The Morgan fingerprint density at radius 2 is 2.06 bits per heavy atom. The second-order valence-electron chi connectivity index (χ2n) is 4.38. The van der Waals surface area contributed by atoms with Gasteiger partial charge in [0.2, 0.25) is 0 Å². The molecule has 0 heterocycles. The van der Waals surface area contributed by atoms with E-state index >= 15 is 0 Å². The summed E-state index contributed by atoms with van der Waals surface area (Å²) in [5.74, 6) is 1.42. The fourth-order valence-electron chi connectivity index (χ4n) is 2.14. The van der Waals surface area contributed by atoms with Crippen LogP contribution in [-0.4, -0.2) is 11.7 Å². The molecule has 0 bridgehead atoms. The molecule has 2 rings (SSSR count). The molecule has 1 aliphatic carbocycles. The Kier molecular flexibility index (Phi) is 4.08. The van der Waals surface area contributed by atoms with Crippen molar-refractivity contribution in [2.75, 3.05) is 6.61 Å². The minimum Gasteiger partial charge on any atom is -0.492 e. The van der Waals surface area contributed by atoms with Gasteiger partial charge in [-0.05, 0) is 36.5 Å². The number of hydrogen-bond acceptors (Lipinski definition) is 2. The zero-order chi connectivity index (χ0) is 11.4. The third-order valence-corrected chi connectivity index (χ3v) is 3.42. The lowest BCUT2D eigenvalue weighted by atomic mass is 10.1. The predicted octanol–water partition coefficient (Wildman–Crippen LogP) is 3.40. The standard InChI is InChI=1S/C13H17ClO2/c14-12-7-11(8-15)5-6-13(12)16-9-10-3-1-2-4-10/h5-7,10,15H,1-4,8-9H2. The SMILES string of the molecule is OCc1ccc(OCC2CCCC2)c(Cl)c1. The third kappa shape index (κ3) is 2.89. The maximum atomic E-state index is 8.96. The summed E-state index contributed by atoms with van der Waals surface area (Å²) in [4.78, 5) is 0. The van der Waals surface area contributed by atoms with Gasteiger partial charge in [0.1, 0.15) is 5.75 Å². The molecule has 1 aromatic rings. The second kappa shape index (κ2) is 5.55. The van der Waals surface area contributed by atoms with Crippen LogP contribution in [0.3, 0.4) is 0 Å². The van der Waals surface area contributed by atoms with E-state index < -0.39 is 0 Å². The van der Waals surface area contributed by atoms with Gasteiger partial charge in [0.15, 0.2) is 0 Å². The molecule has 1 fully saturated rings. The highest BCUT2D eigenvalue weighted by Crippen LogP contribution is 2.29. The average molecular weight is 241 g/mol. The maximum absolute atomic E-state index is 8.96. The summed E-state index contributed by atoms with van der Waals surface area (Å²) in [6, 6.07) is 5.43. The number of halogens is 1. The molecular formula is C13H17ClO2. The number of hydrogen-bond donors (Lipinski definition) is 1. The van der Waals surface area contributed by atoms with E-state index in [9.17, 15) is 0 Å². The first-order valence-electron chi connectivity index (χ1n) is 5.81. The second-order valence-corrected chi connectivity index (χ2v) is 4.79. The van der Waals surface area contributed by atoms with Gasteiger partial charge < -0.3 is 9.84 Å². The highest BCUT2D eigenvalue weighted by atomic mass is 35.5. The Morgan fingerprint density at radius 1 is 1.31 bits per heavy atom. The summed E-state index contributed by atoms with van der Waals surface area (Å²) < 4.78 is 5.71. The quantitative estimate of drug-likeness (QED) is 0.874. The first kappa shape index (κ1) is 11.7. The molecule has 16 heavy (non-hydrogen) atoms. The number of aliphatic hydroxyl groups excluding tert-OH is 1. The van der Waals surface area contributed by atoms with Crippen molar-refractivity contribution in [3.8, 4) is 5.75 Å². The monoisotopic (exact) mass is 240 g/mol. The van der Waals surface area contributed by atoms with E-state index in [4.69, 9.17) is 21.4 Å². The molecular weight excluding hydrogens is 224 g/mol. The van der Waals surface area contributed by atoms with Crippen LogP contribution >= 0.6 is 11.6 Å². The molecule has 1 aromatic carbocycles. The van der Waals surface area contributed by atoms with Crippen molar-refractivity contribution in [3.63, 3.8) is 0 Å². The van der Waals surface area contributed by atoms with E-state index in [1.54, 1.807) is 6.07 Å². The van der Waals surface area contributed by atoms with E-state index in [1.807, 2.05) is 12.1 Å². The van der Waals surface area contributed by atoms with Crippen LogP contribution in [0.25, 0.3) is 0 Å². The van der Waals surface area contributed by atoms with E-state index in [-0.39, 0.29) is 6.61 Å². The summed E-state index contributed by atoms with van der Waals surface area (Å²) in [7, 11) is 0. The molecule has 1 aliphatic rings. The molecule has 0 saturated heterocycles. The van der Waals surface area contributed by atoms with Gasteiger partial charge in [-0.3, -0.25) is 0 Å². The first-order valence-corrected chi connectivity index (χ1v) is 6.19. The topological polar surface area (TPSA) is 29.5 Å². The van der Waals surface area contributed by atoms with Crippen LogP contribution in [0.5, 0.6) is 5.75 Å². The van der Waals surface area contributed by atoms with Crippen LogP contribution in [0.2, 0.25) is 5.02 Å². The van der Waals surface area contributed by atoms with Crippen molar-refractivity contribution in [1.29, 1.82) is 0 Å². The van der Waals surface area contributed by atoms with E-state index in [0.717, 1.165) is 17.9 Å². The lowest BCUT2D eigenvalue weighted by Crippen LogP contribution is -2.08. The number of rotatable bonds is 4. The zero-order valence-corrected chi connectivity index (χ0v) is 10.0. The van der Waals surface area contributed by atoms with Crippen molar-refractivity contribution < 1.29 is 9.84 Å². The van der Waals surface area contributed by atoms with Gasteiger partial charge in [-0.15, -0.1) is 0 Å². The Morgan fingerprint density at radius 3 is 2.69 bits per heavy atom. The molecule has 0 aromatic heterocycles. The van der Waals surface area contributed by atoms with Crippen molar-refractivity contribution in [2.24, 2.45) is 5.92 Å². The maximum Gasteiger partial charge on any atom is 0.137 e. The van der Waals surface area contributed by atoms with Gasteiger partial charge in [-0.25, -0.2) is 0 Å². The van der Waals surface area contributed by atoms with Gasteiger partial charge in [0.25, 0.3) is 0 Å². The van der Waals surface area contributed by atoms with Crippen molar-refractivity contribution in [1.82, 2.24) is 0 Å². The molecule has 2 nitrogen and oxygen atoms in total. The minimum absolute atomic E-state index is 0.0165. The van der Waals surface area contributed by atoms with Gasteiger partial charge in [-0.1, -0.05) is 30.5 Å². The Hall–Kier alpha value is -0.730. The van der Waals surface area contributed by atoms with Crippen LogP contribution in [0, 0.1) is 5.92 Å². The molecule has 3 heteroatoms. The van der Waals surface area contributed by atoms with Gasteiger partial charge in [0, 0.05) is 0 Å². The molecule has 0 radical (unpaired) electrons. The number of ether oxygens (including phenoxy) is 1. The molecule has 0 amide bonds. The number of benzene rings is 1. The molecule has 0 aliphatic heterocycles. The fourth-order valence-corrected chi connectivity index (χ4v) is 2.40. The smallest absolute Gasteiger partial charge is 0.137 e. The van der Waals surface area contributed by atoms with Gasteiger partial charge >= 0.3 is 0 Å². The average Bonchev–Trinajstić information content (AvgIpc) is 2.80. The van der Waals surface area contributed by atoms with Crippen LogP contribution in [0.1, 0.15) is 31.2 Å². The lowest BCUT2D eigenvalue weighted by molar-refractivity contribution is 0.251. The molecule has 88 valence electrons. The zero-order valence-electron chi connectivity index (χ0n) is 9.29. The molecule has 1 N–H and O–H groups in total. The largest absolute Gasteiger partial charge is 0.492 e. The summed E-state index contributed by atoms with van der Waals surface area (Å²) in [5.41, 5.74) is 0.818. The predicted molar refractivity (Wildman–Crippen MR) is 64.8 cm³/mol. The van der Waals surface area contributed by atoms with Gasteiger partial charge in [0.05, 0.1) is 18.2 Å². The van der Waals surface area contributed by atoms with Crippen LogP contribution in [-0.2, 0) is 6.61 Å². The summed E-state index contributed by atoms with van der Waals surface area (Å²) in [5, 5.41) is 9.54. The Labute approximate surface area is 101 Å². The van der Waals surface area contributed by atoms with E-state index in [0.29, 0.717) is 10.9 Å². The number of aliphatic hydroxyl groups is 1. The Bertz CT molecular complexity index is 346. The molecule has 0 unspecified atom stereocenters. The van der Waals surface area contributed by atoms with Crippen LogP contribution in [0.15, 0.2) is 18.2 Å². The van der Waals surface area contributed by atoms with Crippen molar-refractivity contribution >= 4 is 11.6 Å². The first-order chi connectivity index (χ1) is 7.79. The summed E-state index contributed by atoms with van der Waals surface area (Å²) >= 11 is 6.06. The normalized spacial score (nSPS) is 16.6. The van der Waals surface area contributed by atoms with E-state index in [1.165, 1.54) is 25.7 Å². The third-order valence-electron chi connectivity index (χ3n) is 3.13. The van der Waals surface area contributed by atoms with Crippen LogP contribution in [0.4, 0.5) is 0 Å². The molecule has 0 atom stereocenters. The summed E-state index contributed by atoms with van der Waals surface area (Å²) in [6.45, 7) is 0.779. The fraction of sp³-hybridized carbons (Fsp3) is 0.538. The summed E-state index contributed by atoms with van der Waals surface area (Å²) in [6.07, 6.45) is 5.19. The van der Waals surface area contributed by atoms with Crippen LogP contribution < -0.4 is 4.74 Å². The molecule has 1 saturated carbocycles.